The Hall–Kier alpha value is -1.63. The Balaban J connectivity index is 2.14. The van der Waals surface area contributed by atoms with Crippen molar-refractivity contribution in [3.05, 3.63) is 0 Å². The van der Waals surface area contributed by atoms with Crippen LogP contribution in [0.1, 0.15) is 6.42 Å². The van der Waals surface area contributed by atoms with E-state index in [9.17, 15) is 0 Å². The number of nitrogens with zero attached hydrogens (tertiary/aromatic N) is 5. The molecule has 7 nitrogen and oxygen atoms in total. The Morgan fingerprint density at radius 1 is 1.39 bits per heavy atom. The summed E-state index contributed by atoms with van der Waals surface area (Å²) >= 11 is 0. The van der Waals surface area contributed by atoms with Gasteiger partial charge in [0.05, 0.1) is 6.61 Å². The predicted octanol–water partition coefficient (Wildman–Crippen LogP) is -0.00750. The van der Waals surface area contributed by atoms with Gasteiger partial charge in [-0.3, -0.25) is 0 Å². The van der Waals surface area contributed by atoms with Gasteiger partial charge in [0.25, 0.3) is 0 Å². The fraction of sp³-hybridized carbons (Fsp3) is 0.727. The zero-order valence-corrected chi connectivity index (χ0v) is 11.1. The van der Waals surface area contributed by atoms with E-state index in [1.54, 1.807) is 7.11 Å². The van der Waals surface area contributed by atoms with Gasteiger partial charge >= 0.3 is 0 Å². The van der Waals surface area contributed by atoms with Crippen LogP contribution in [0, 0.1) is 5.92 Å². The fourth-order valence-corrected chi connectivity index (χ4v) is 2.10. The van der Waals surface area contributed by atoms with E-state index in [4.69, 9.17) is 10.5 Å². The van der Waals surface area contributed by atoms with Gasteiger partial charge in [0.1, 0.15) is 0 Å². The number of aromatic nitrogens is 3. The van der Waals surface area contributed by atoms with E-state index >= 15 is 0 Å². The van der Waals surface area contributed by atoms with Crippen molar-refractivity contribution in [1.29, 1.82) is 0 Å². The maximum atomic E-state index is 5.72. The molecule has 1 saturated heterocycles. The van der Waals surface area contributed by atoms with E-state index in [0.29, 0.717) is 17.8 Å². The highest BCUT2D eigenvalue weighted by Crippen LogP contribution is 2.22. The third-order valence-electron chi connectivity index (χ3n) is 3.00. The lowest BCUT2D eigenvalue weighted by atomic mass is 10.1. The quantitative estimate of drug-likeness (QED) is 0.807. The van der Waals surface area contributed by atoms with Gasteiger partial charge in [0.2, 0.25) is 17.8 Å². The smallest absolute Gasteiger partial charge is 0.231 e. The summed E-state index contributed by atoms with van der Waals surface area (Å²) in [7, 11) is 5.50. The third-order valence-corrected chi connectivity index (χ3v) is 3.00. The van der Waals surface area contributed by atoms with Crippen LogP contribution in [0.3, 0.4) is 0 Å². The highest BCUT2D eigenvalue weighted by molar-refractivity contribution is 5.43. The molecule has 1 aliphatic heterocycles. The van der Waals surface area contributed by atoms with Gasteiger partial charge in [0.15, 0.2) is 0 Å². The number of anilines is 3. The summed E-state index contributed by atoms with van der Waals surface area (Å²) in [6.45, 7) is 2.62. The summed E-state index contributed by atoms with van der Waals surface area (Å²) in [5.41, 5.74) is 5.72. The first-order valence-corrected chi connectivity index (χ1v) is 6.03. The largest absolute Gasteiger partial charge is 0.384 e. The number of ether oxygens (including phenoxy) is 1. The summed E-state index contributed by atoms with van der Waals surface area (Å²) in [6.07, 6.45) is 1.09. The van der Waals surface area contributed by atoms with Crippen LogP contribution >= 0.6 is 0 Å². The summed E-state index contributed by atoms with van der Waals surface area (Å²) in [5, 5.41) is 0. The van der Waals surface area contributed by atoms with Crippen LogP contribution in [0.2, 0.25) is 0 Å². The molecule has 18 heavy (non-hydrogen) atoms. The first-order valence-electron chi connectivity index (χ1n) is 6.03. The lowest BCUT2D eigenvalue weighted by molar-refractivity contribution is 0.161. The average molecular weight is 252 g/mol. The zero-order chi connectivity index (χ0) is 13.1. The van der Waals surface area contributed by atoms with Crippen molar-refractivity contribution in [2.75, 3.05) is 56.4 Å². The molecule has 1 unspecified atom stereocenters. The molecule has 2 heterocycles. The molecule has 2 rings (SSSR count). The van der Waals surface area contributed by atoms with E-state index < -0.39 is 0 Å². The maximum absolute atomic E-state index is 5.72. The SMILES string of the molecule is COCC1CCN(c2nc(N)nc(N(C)C)n2)C1. The van der Waals surface area contributed by atoms with E-state index in [-0.39, 0.29) is 5.95 Å². The van der Waals surface area contributed by atoms with Crippen molar-refractivity contribution < 1.29 is 4.74 Å². The van der Waals surface area contributed by atoms with Crippen LogP contribution in [-0.2, 0) is 4.74 Å². The summed E-state index contributed by atoms with van der Waals surface area (Å²) in [6, 6.07) is 0. The van der Waals surface area contributed by atoms with Crippen molar-refractivity contribution in [3.8, 4) is 0 Å². The summed E-state index contributed by atoms with van der Waals surface area (Å²) in [5.74, 6) is 2.05. The minimum Gasteiger partial charge on any atom is -0.384 e. The second-order valence-electron chi connectivity index (χ2n) is 4.74. The van der Waals surface area contributed by atoms with E-state index in [2.05, 4.69) is 19.9 Å². The molecule has 100 valence electrons. The van der Waals surface area contributed by atoms with Crippen molar-refractivity contribution in [2.45, 2.75) is 6.42 Å². The number of hydrogen-bond donors (Lipinski definition) is 1. The Kier molecular flexibility index (Phi) is 3.81. The molecule has 7 heteroatoms. The van der Waals surface area contributed by atoms with Crippen molar-refractivity contribution >= 4 is 17.8 Å². The maximum Gasteiger partial charge on any atom is 0.231 e. The number of nitrogen functional groups attached to an aromatic ring is 1. The fourth-order valence-electron chi connectivity index (χ4n) is 2.10. The van der Waals surface area contributed by atoms with Crippen molar-refractivity contribution in [2.24, 2.45) is 5.92 Å². The highest BCUT2D eigenvalue weighted by atomic mass is 16.5. The Morgan fingerprint density at radius 2 is 2.17 bits per heavy atom. The predicted molar refractivity (Wildman–Crippen MR) is 70.8 cm³/mol. The molecule has 1 aromatic rings. The van der Waals surface area contributed by atoms with Gasteiger partial charge in [-0.05, 0) is 6.42 Å². The number of nitrogens with two attached hydrogens (primary N) is 1. The third kappa shape index (κ3) is 2.79. The van der Waals surface area contributed by atoms with Gasteiger partial charge in [-0.15, -0.1) is 0 Å². The normalized spacial score (nSPS) is 19.3. The minimum absolute atomic E-state index is 0.263. The van der Waals surface area contributed by atoms with Crippen LogP contribution < -0.4 is 15.5 Å². The first-order chi connectivity index (χ1) is 8.60. The first kappa shape index (κ1) is 12.8. The van der Waals surface area contributed by atoms with Crippen molar-refractivity contribution in [1.82, 2.24) is 15.0 Å². The standard InChI is InChI=1S/C11H20N6O/c1-16(2)10-13-9(12)14-11(15-10)17-5-4-8(6-17)7-18-3/h8H,4-7H2,1-3H3,(H2,12,13,14,15). The summed E-state index contributed by atoms with van der Waals surface area (Å²) < 4.78 is 5.18. The Labute approximate surface area is 107 Å². The Morgan fingerprint density at radius 3 is 2.83 bits per heavy atom. The van der Waals surface area contributed by atoms with E-state index in [1.807, 2.05) is 19.0 Å². The second-order valence-corrected chi connectivity index (χ2v) is 4.74. The molecule has 0 radical (unpaired) electrons. The van der Waals surface area contributed by atoms with Crippen LogP contribution in [0.4, 0.5) is 17.8 Å². The second kappa shape index (κ2) is 5.34. The molecule has 0 aliphatic carbocycles. The molecule has 0 aromatic carbocycles. The van der Waals surface area contributed by atoms with Gasteiger partial charge in [-0.2, -0.15) is 15.0 Å². The molecular formula is C11H20N6O. The lowest BCUT2D eigenvalue weighted by Gasteiger charge is -2.18. The molecule has 0 spiro atoms. The van der Waals surface area contributed by atoms with E-state index in [1.165, 1.54) is 0 Å². The molecule has 1 aliphatic rings. The molecule has 2 N–H and O–H groups in total. The van der Waals surface area contributed by atoms with Gasteiger partial charge in [-0.25, -0.2) is 0 Å². The average Bonchev–Trinajstić information content (AvgIpc) is 2.77. The molecule has 1 atom stereocenters. The van der Waals surface area contributed by atoms with E-state index in [0.717, 1.165) is 26.1 Å². The van der Waals surface area contributed by atoms with Gasteiger partial charge in [0, 0.05) is 40.2 Å². The summed E-state index contributed by atoms with van der Waals surface area (Å²) in [4.78, 5) is 16.7. The highest BCUT2D eigenvalue weighted by Gasteiger charge is 2.25. The molecule has 1 fully saturated rings. The lowest BCUT2D eigenvalue weighted by Crippen LogP contribution is -2.25. The Bertz CT molecular complexity index is 411. The molecule has 0 bridgehead atoms. The minimum atomic E-state index is 0.263. The molecule has 1 aromatic heterocycles. The topological polar surface area (TPSA) is 80.4 Å². The van der Waals surface area contributed by atoms with Gasteiger partial charge in [-0.1, -0.05) is 0 Å². The van der Waals surface area contributed by atoms with Gasteiger partial charge < -0.3 is 20.3 Å². The monoisotopic (exact) mass is 252 g/mol. The van der Waals surface area contributed by atoms with Crippen LogP contribution in [0.25, 0.3) is 0 Å². The molecule has 0 saturated carbocycles. The van der Waals surface area contributed by atoms with Crippen LogP contribution in [0.5, 0.6) is 0 Å². The van der Waals surface area contributed by atoms with Crippen LogP contribution in [-0.4, -0.2) is 55.9 Å². The van der Waals surface area contributed by atoms with Crippen molar-refractivity contribution in [3.63, 3.8) is 0 Å². The molecule has 0 amide bonds. The number of rotatable bonds is 4. The molecular weight excluding hydrogens is 232 g/mol. The van der Waals surface area contributed by atoms with Crippen LogP contribution in [0.15, 0.2) is 0 Å². The number of methoxy groups -OCH3 is 1. The zero-order valence-electron chi connectivity index (χ0n) is 11.1. The number of hydrogen-bond acceptors (Lipinski definition) is 7.